The van der Waals surface area contributed by atoms with Gasteiger partial charge in [0.15, 0.2) is 0 Å². The molecule has 2 amide bonds. The molecule has 2 aromatic carbocycles. The third kappa shape index (κ3) is 2.63. The van der Waals surface area contributed by atoms with Gasteiger partial charge in [0.05, 0.1) is 6.04 Å². The lowest BCUT2D eigenvalue weighted by atomic mass is 10.1. The van der Waals surface area contributed by atoms with E-state index in [1.165, 1.54) is 23.4 Å². The largest absolute Gasteiger partial charge is 0.364 e. The van der Waals surface area contributed by atoms with Gasteiger partial charge in [0.2, 0.25) is 0 Å². The lowest BCUT2D eigenvalue weighted by Crippen LogP contribution is -2.61. The Kier molecular flexibility index (Phi) is 3.41. The van der Waals surface area contributed by atoms with E-state index in [1.807, 2.05) is 0 Å². The van der Waals surface area contributed by atoms with E-state index in [2.05, 4.69) is 34.5 Å². The summed E-state index contributed by atoms with van der Waals surface area (Å²) >= 11 is 0. The minimum Gasteiger partial charge on any atom is -0.364 e. The number of carbonyl (C=O) groups is 1. The molecule has 4 rings (SSSR count). The zero-order valence-corrected chi connectivity index (χ0v) is 12.7. The second-order valence-electron chi connectivity index (χ2n) is 6.07. The number of fused-ring (bicyclic) bond motifs is 1. The zero-order valence-electron chi connectivity index (χ0n) is 12.7. The molecule has 5 heteroatoms. The number of hydrogen-bond acceptors (Lipinski definition) is 2. The van der Waals surface area contributed by atoms with Gasteiger partial charge in [0.1, 0.15) is 5.82 Å². The van der Waals surface area contributed by atoms with Crippen LogP contribution in [-0.4, -0.2) is 36.6 Å². The first-order valence-electron chi connectivity index (χ1n) is 7.87. The van der Waals surface area contributed by atoms with Crippen LogP contribution in [0.4, 0.5) is 20.6 Å². The van der Waals surface area contributed by atoms with E-state index in [1.54, 1.807) is 17.0 Å². The van der Waals surface area contributed by atoms with E-state index >= 15 is 0 Å². The van der Waals surface area contributed by atoms with Crippen molar-refractivity contribution in [3.8, 4) is 0 Å². The maximum Gasteiger partial charge on any atom is 0.321 e. The van der Waals surface area contributed by atoms with Gasteiger partial charge in [-0.3, -0.25) is 0 Å². The second kappa shape index (κ2) is 5.57. The number of amides is 2. The summed E-state index contributed by atoms with van der Waals surface area (Å²) in [5.41, 5.74) is 3.31. The summed E-state index contributed by atoms with van der Waals surface area (Å²) in [6, 6.07) is 14.6. The monoisotopic (exact) mass is 311 g/mol. The van der Waals surface area contributed by atoms with Crippen LogP contribution in [0.1, 0.15) is 5.56 Å². The minimum atomic E-state index is -0.306. The standard InChI is InChI=1S/C18H18FN3O/c19-14-5-7-15(8-6-14)20-18(23)21-11-16(12-21)22-10-9-13-3-1-2-4-17(13)22/h1-8,16H,9-12H2,(H,20,23). The van der Waals surface area contributed by atoms with Crippen molar-refractivity contribution in [1.29, 1.82) is 0 Å². The highest BCUT2D eigenvalue weighted by molar-refractivity contribution is 5.90. The third-order valence-electron chi connectivity index (χ3n) is 4.61. The summed E-state index contributed by atoms with van der Waals surface area (Å²) in [4.78, 5) is 16.4. The van der Waals surface area contributed by atoms with E-state index in [4.69, 9.17) is 0 Å². The molecule has 1 fully saturated rings. The number of urea groups is 1. The summed E-state index contributed by atoms with van der Waals surface area (Å²) < 4.78 is 12.9. The molecule has 0 aromatic heterocycles. The van der Waals surface area contributed by atoms with Crippen LogP contribution in [0.25, 0.3) is 0 Å². The van der Waals surface area contributed by atoms with Gasteiger partial charge in [0.25, 0.3) is 0 Å². The molecule has 0 atom stereocenters. The Hall–Kier alpha value is -2.56. The Balaban J connectivity index is 1.35. The quantitative estimate of drug-likeness (QED) is 0.925. The Labute approximate surface area is 134 Å². The summed E-state index contributed by atoms with van der Waals surface area (Å²) in [7, 11) is 0. The molecule has 118 valence electrons. The topological polar surface area (TPSA) is 35.6 Å². The number of hydrogen-bond donors (Lipinski definition) is 1. The van der Waals surface area contributed by atoms with Crippen LogP contribution in [0.2, 0.25) is 0 Å². The van der Waals surface area contributed by atoms with Gasteiger partial charge in [-0.15, -0.1) is 0 Å². The Morgan fingerprint density at radius 3 is 2.61 bits per heavy atom. The summed E-state index contributed by atoms with van der Waals surface area (Å²) in [6.45, 7) is 2.47. The maximum absolute atomic E-state index is 12.9. The zero-order chi connectivity index (χ0) is 15.8. The van der Waals surface area contributed by atoms with Crippen LogP contribution in [0.15, 0.2) is 48.5 Å². The molecule has 0 spiro atoms. The molecule has 1 saturated heterocycles. The lowest BCUT2D eigenvalue weighted by Gasteiger charge is -2.45. The number of nitrogens with one attached hydrogen (secondary N) is 1. The van der Waals surface area contributed by atoms with Gasteiger partial charge in [-0.25, -0.2) is 9.18 Å². The van der Waals surface area contributed by atoms with Crippen molar-refractivity contribution >= 4 is 17.4 Å². The van der Waals surface area contributed by atoms with Crippen LogP contribution in [0, 0.1) is 5.82 Å². The predicted octanol–water partition coefficient (Wildman–Crippen LogP) is 3.10. The number of para-hydroxylation sites is 1. The van der Waals surface area contributed by atoms with Gasteiger partial charge in [0, 0.05) is 31.0 Å². The first-order valence-corrected chi connectivity index (χ1v) is 7.87. The third-order valence-corrected chi connectivity index (χ3v) is 4.61. The van der Waals surface area contributed by atoms with Crippen molar-refractivity contribution in [2.24, 2.45) is 0 Å². The van der Waals surface area contributed by atoms with Crippen molar-refractivity contribution in [2.75, 3.05) is 29.9 Å². The number of likely N-dealkylation sites (tertiary alicyclic amines) is 1. The first-order chi connectivity index (χ1) is 11.2. The van der Waals surface area contributed by atoms with Crippen molar-refractivity contribution in [3.63, 3.8) is 0 Å². The number of halogens is 1. The number of rotatable bonds is 2. The average molecular weight is 311 g/mol. The molecule has 2 heterocycles. The normalized spacial score (nSPS) is 16.9. The van der Waals surface area contributed by atoms with Gasteiger partial charge in [-0.1, -0.05) is 18.2 Å². The fourth-order valence-electron chi connectivity index (χ4n) is 3.30. The molecule has 0 unspecified atom stereocenters. The predicted molar refractivity (Wildman–Crippen MR) is 88.3 cm³/mol. The summed E-state index contributed by atoms with van der Waals surface area (Å²) in [5.74, 6) is -0.306. The molecular weight excluding hydrogens is 293 g/mol. The number of anilines is 2. The lowest BCUT2D eigenvalue weighted by molar-refractivity contribution is 0.162. The maximum atomic E-state index is 12.9. The average Bonchev–Trinajstić information content (AvgIpc) is 2.92. The highest BCUT2D eigenvalue weighted by Gasteiger charge is 2.37. The highest BCUT2D eigenvalue weighted by Crippen LogP contribution is 2.32. The summed E-state index contributed by atoms with van der Waals surface area (Å²) in [6.07, 6.45) is 1.08. The SMILES string of the molecule is O=C(Nc1ccc(F)cc1)N1CC(N2CCc3ccccc32)C1. The molecule has 0 radical (unpaired) electrons. The van der Waals surface area contributed by atoms with E-state index in [9.17, 15) is 9.18 Å². The fourth-order valence-corrected chi connectivity index (χ4v) is 3.30. The van der Waals surface area contributed by atoms with Gasteiger partial charge in [-0.05, 0) is 42.3 Å². The molecule has 2 aromatic rings. The molecule has 4 nitrogen and oxygen atoms in total. The molecule has 2 aliphatic rings. The molecule has 0 saturated carbocycles. The first kappa shape index (κ1) is 14.1. The Morgan fingerprint density at radius 2 is 1.83 bits per heavy atom. The smallest absolute Gasteiger partial charge is 0.321 e. The van der Waals surface area contributed by atoms with Crippen LogP contribution in [-0.2, 0) is 6.42 Å². The van der Waals surface area contributed by atoms with Crippen molar-refractivity contribution in [2.45, 2.75) is 12.5 Å². The van der Waals surface area contributed by atoms with Crippen molar-refractivity contribution in [1.82, 2.24) is 4.90 Å². The number of carbonyl (C=O) groups excluding carboxylic acids is 1. The van der Waals surface area contributed by atoms with Gasteiger partial charge < -0.3 is 15.1 Å². The number of benzene rings is 2. The molecule has 1 N–H and O–H groups in total. The van der Waals surface area contributed by atoms with Crippen LogP contribution in [0.3, 0.4) is 0 Å². The molecule has 0 bridgehead atoms. The number of nitrogens with zero attached hydrogens (tertiary/aromatic N) is 2. The van der Waals surface area contributed by atoms with Crippen molar-refractivity contribution in [3.05, 3.63) is 59.9 Å². The van der Waals surface area contributed by atoms with Gasteiger partial charge in [-0.2, -0.15) is 0 Å². The Morgan fingerprint density at radius 1 is 1.09 bits per heavy atom. The highest BCUT2D eigenvalue weighted by atomic mass is 19.1. The van der Waals surface area contributed by atoms with Crippen LogP contribution in [0.5, 0.6) is 0 Å². The second-order valence-corrected chi connectivity index (χ2v) is 6.07. The molecular formula is C18H18FN3O. The Bertz CT molecular complexity index is 725. The molecule has 2 aliphatic heterocycles. The van der Waals surface area contributed by atoms with Crippen LogP contribution >= 0.6 is 0 Å². The van der Waals surface area contributed by atoms with Crippen molar-refractivity contribution < 1.29 is 9.18 Å². The van der Waals surface area contributed by atoms with Gasteiger partial charge >= 0.3 is 6.03 Å². The minimum absolute atomic E-state index is 0.125. The fraction of sp³-hybridized carbons (Fsp3) is 0.278. The molecule has 23 heavy (non-hydrogen) atoms. The van der Waals surface area contributed by atoms with E-state index in [-0.39, 0.29) is 11.8 Å². The van der Waals surface area contributed by atoms with E-state index < -0.39 is 0 Å². The summed E-state index contributed by atoms with van der Waals surface area (Å²) in [5, 5.41) is 2.80. The molecule has 0 aliphatic carbocycles. The van der Waals surface area contributed by atoms with Crippen LogP contribution < -0.4 is 10.2 Å². The van der Waals surface area contributed by atoms with E-state index in [0.29, 0.717) is 11.7 Å². The van der Waals surface area contributed by atoms with E-state index in [0.717, 1.165) is 26.1 Å².